The molecule has 0 amide bonds. The van der Waals surface area contributed by atoms with E-state index in [0.29, 0.717) is 0 Å². The molecule has 0 aromatic carbocycles. The molecule has 3 atom stereocenters. The van der Waals surface area contributed by atoms with Gasteiger partial charge in [0.15, 0.2) is 0 Å². The Labute approximate surface area is 66.1 Å². The molecular formula is C6H18N2Si2. The molecule has 1 saturated heterocycles. The molecule has 0 spiro atoms. The summed E-state index contributed by atoms with van der Waals surface area (Å²) in [6, 6.07) is 0. The highest BCUT2D eigenvalue weighted by Crippen LogP contribution is 2.27. The van der Waals surface area contributed by atoms with Gasteiger partial charge in [-0.2, -0.15) is 0 Å². The SMILES string of the molecule is CNC1[SiH](C)C[Si]1(C)NC. The van der Waals surface area contributed by atoms with Crippen LogP contribution < -0.4 is 10.3 Å². The van der Waals surface area contributed by atoms with Crippen LogP contribution in [0.4, 0.5) is 0 Å². The first-order valence-corrected chi connectivity index (χ1v) is 9.42. The summed E-state index contributed by atoms with van der Waals surface area (Å²) in [6.45, 7) is 4.91. The van der Waals surface area contributed by atoms with Crippen molar-refractivity contribution in [3.8, 4) is 0 Å². The van der Waals surface area contributed by atoms with Crippen LogP contribution in [0.5, 0.6) is 0 Å². The van der Waals surface area contributed by atoms with Crippen molar-refractivity contribution >= 4 is 17.0 Å². The van der Waals surface area contributed by atoms with Crippen molar-refractivity contribution in [1.82, 2.24) is 10.3 Å². The lowest BCUT2D eigenvalue weighted by Gasteiger charge is -2.49. The van der Waals surface area contributed by atoms with Crippen LogP contribution in [-0.2, 0) is 0 Å². The zero-order valence-corrected chi connectivity index (χ0v) is 9.52. The maximum Gasteiger partial charge on any atom is 0.133 e. The maximum absolute atomic E-state index is 3.52. The highest BCUT2D eigenvalue weighted by Gasteiger charge is 2.49. The summed E-state index contributed by atoms with van der Waals surface area (Å²) in [6.07, 6.45) is 0. The second-order valence-electron chi connectivity index (χ2n) is 3.62. The minimum Gasteiger partial charge on any atom is -0.339 e. The lowest BCUT2D eigenvalue weighted by molar-refractivity contribution is 0.809. The van der Waals surface area contributed by atoms with Gasteiger partial charge in [0.25, 0.3) is 0 Å². The summed E-state index contributed by atoms with van der Waals surface area (Å²) in [4.78, 5) is 3.52. The molecule has 0 radical (unpaired) electrons. The Balaban J connectivity index is 2.51. The van der Waals surface area contributed by atoms with E-state index in [9.17, 15) is 0 Å². The minimum absolute atomic E-state index is 0.339. The van der Waals surface area contributed by atoms with Crippen molar-refractivity contribution < 1.29 is 0 Å². The Kier molecular flexibility index (Phi) is 2.34. The van der Waals surface area contributed by atoms with E-state index in [1.165, 1.54) is 0 Å². The van der Waals surface area contributed by atoms with E-state index in [0.717, 1.165) is 5.29 Å². The lowest BCUT2D eigenvalue weighted by atomic mass is 11.2. The van der Waals surface area contributed by atoms with Gasteiger partial charge >= 0.3 is 0 Å². The fourth-order valence-corrected chi connectivity index (χ4v) is 16.1. The molecule has 3 unspecified atom stereocenters. The third-order valence-corrected chi connectivity index (χ3v) is 17.0. The van der Waals surface area contributed by atoms with Crippen LogP contribution in [0.25, 0.3) is 0 Å². The van der Waals surface area contributed by atoms with E-state index in [4.69, 9.17) is 0 Å². The number of rotatable bonds is 2. The lowest BCUT2D eigenvalue weighted by Crippen LogP contribution is -2.76. The van der Waals surface area contributed by atoms with Gasteiger partial charge in [-0.15, -0.1) is 0 Å². The summed E-state index contributed by atoms with van der Waals surface area (Å²) in [5.74, 6) is 0. The van der Waals surface area contributed by atoms with Gasteiger partial charge in [-0.3, -0.25) is 0 Å². The van der Waals surface area contributed by atoms with Crippen LogP contribution in [0.2, 0.25) is 18.8 Å². The molecule has 0 bridgehead atoms. The molecule has 60 valence electrons. The van der Waals surface area contributed by atoms with Gasteiger partial charge in [-0.1, -0.05) is 13.1 Å². The average molecular weight is 174 g/mol. The summed E-state index contributed by atoms with van der Waals surface area (Å²) in [5.41, 5.74) is 1.56. The van der Waals surface area contributed by atoms with Gasteiger partial charge in [-0.25, -0.2) is 0 Å². The highest BCUT2D eigenvalue weighted by molar-refractivity contribution is 7.05. The smallest absolute Gasteiger partial charge is 0.133 e. The Morgan fingerprint density at radius 1 is 1.50 bits per heavy atom. The monoisotopic (exact) mass is 174 g/mol. The first kappa shape index (κ1) is 8.45. The molecule has 2 N–H and O–H groups in total. The predicted molar refractivity (Wildman–Crippen MR) is 51.3 cm³/mol. The molecule has 0 saturated carbocycles. The molecule has 4 heteroatoms. The molecule has 10 heavy (non-hydrogen) atoms. The van der Waals surface area contributed by atoms with E-state index >= 15 is 0 Å². The van der Waals surface area contributed by atoms with Crippen molar-refractivity contribution in [1.29, 1.82) is 0 Å². The quantitative estimate of drug-likeness (QED) is 0.569. The maximum atomic E-state index is 3.52. The van der Waals surface area contributed by atoms with E-state index in [1.54, 1.807) is 5.67 Å². The van der Waals surface area contributed by atoms with Crippen LogP contribution in [0.1, 0.15) is 0 Å². The Bertz CT molecular complexity index is 131. The third-order valence-electron chi connectivity index (χ3n) is 2.88. The average Bonchev–Trinajstić information content (AvgIpc) is 1.88. The first-order valence-electron chi connectivity index (χ1n) is 4.00. The van der Waals surface area contributed by atoms with Crippen molar-refractivity contribution in [2.45, 2.75) is 24.0 Å². The molecule has 0 aromatic rings. The highest BCUT2D eigenvalue weighted by atomic mass is 28.4. The summed E-state index contributed by atoms with van der Waals surface area (Å²) in [7, 11) is 2.93. The zero-order chi connectivity index (χ0) is 7.78. The molecular weight excluding hydrogens is 156 g/mol. The van der Waals surface area contributed by atoms with E-state index in [2.05, 4.69) is 37.5 Å². The number of hydrogen-bond acceptors (Lipinski definition) is 2. The normalized spacial score (nSPS) is 46.8. The molecule has 1 aliphatic rings. The van der Waals surface area contributed by atoms with Gasteiger partial charge in [0.05, 0.1) is 8.80 Å². The molecule has 1 heterocycles. The number of nitrogens with one attached hydrogen (secondary N) is 2. The molecule has 1 aliphatic heterocycles. The van der Waals surface area contributed by atoms with Crippen molar-refractivity contribution in [3.63, 3.8) is 0 Å². The summed E-state index contributed by atoms with van der Waals surface area (Å²) < 4.78 is 0. The second-order valence-corrected chi connectivity index (χ2v) is 12.5. The Morgan fingerprint density at radius 3 is 2.30 bits per heavy atom. The fourth-order valence-electron chi connectivity index (χ4n) is 2.24. The predicted octanol–water partition coefficient (Wildman–Crippen LogP) is -0.143. The first-order chi connectivity index (χ1) is 4.64. The largest absolute Gasteiger partial charge is 0.339 e. The summed E-state index contributed by atoms with van der Waals surface area (Å²) in [5, 5.41) is 4.38. The molecule has 1 fully saturated rings. The van der Waals surface area contributed by atoms with E-state index < -0.39 is 8.24 Å². The van der Waals surface area contributed by atoms with Gasteiger partial charge in [0.2, 0.25) is 0 Å². The fraction of sp³-hybridized carbons (Fsp3) is 1.00. The second kappa shape index (κ2) is 2.77. The van der Waals surface area contributed by atoms with Crippen LogP contribution in [0.15, 0.2) is 0 Å². The van der Waals surface area contributed by atoms with Crippen molar-refractivity contribution in [2.75, 3.05) is 14.1 Å². The molecule has 1 rings (SSSR count). The molecule has 0 aromatic heterocycles. The van der Waals surface area contributed by atoms with Crippen LogP contribution in [-0.4, -0.2) is 36.4 Å². The van der Waals surface area contributed by atoms with Gasteiger partial charge in [0, 0.05) is 5.29 Å². The van der Waals surface area contributed by atoms with Gasteiger partial charge in [0.1, 0.15) is 8.24 Å². The van der Waals surface area contributed by atoms with Gasteiger partial charge in [-0.05, 0) is 19.8 Å². The van der Waals surface area contributed by atoms with Crippen molar-refractivity contribution in [2.24, 2.45) is 0 Å². The van der Waals surface area contributed by atoms with E-state index in [1.807, 2.05) is 0 Å². The molecule has 2 nitrogen and oxygen atoms in total. The van der Waals surface area contributed by atoms with Gasteiger partial charge < -0.3 is 10.3 Å². The Morgan fingerprint density at radius 2 is 2.10 bits per heavy atom. The summed E-state index contributed by atoms with van der Waals surface area (Å²) >= 11 is 0. The standard InChI is InChI=1S/C6H18N2Si2/c1-7-6-9(3)5-10(6,4)8-2/h6-9H,5H2,1-4H3. The Hall–Kier alpha value is 0.354. The minimum atomic E-state index is -0.963. The topological polar surface area (TPSA) is 24.1 Å². The molecule has 0 aliphatic carbocycles. The van der Waals surface area contributed by atoms with E-state index in [-0.39, 0.29) is 8.80 Å². The number of hydrogen-bond donors (Lipinski definition) is 2. The zero-order valence-electron chi connectivity index (χ0n) is 7.36. The van der Waals surface area contributed by atoms with Crippen LogP contribution in [0, 0.1) is 0 Å². The third kappa shape index (κ3) is 1.09. The van der Waals surface area contributed by atoms with Crippen LogP contribution >= 0.6 is 0 Å². The van der Waals surface area contributed by atoms with Crippen LogP contribution in [0.3, 0.4) is 0 Å². The van der Waals surface area contributed by atoms with Crippen molar-refractivity contribution in [3.05, 3.63) is 0 Å².